The summed E-state index contributed by atoms with van der Waals surface area (Å²) < 4.78 is 10.7. The number of amidine groups is 1. The molecule has 0 unspecified atom stereocenters. The van der Waals surface area contributed by atoms with Crippen LogP contribution in [0.5, 0.6) is 11.5 Å². The average molecular weight is 428 g/mol. The zero-order chi connectivity index (χ0) is 21.5. The van der Waals surface area contributed by atoms with Crippen molar-refractivity contribution in [3.05, 3.63) is 54.1 Å². The molecule has 158 valence electrons. The van der Waals surface area contributed by atoms with Gasteiger partial charge in [-0.05, 0) is 36.8 Å². The molecular formula is C22H25N3O4S. The molecule has 1 fully saturated rings. The number of carbonyl (C=O) groups excluding carboxylic acids is 2. The molecule has 2 amide bonds. The van der Waals surface area contributed by atoms with Gasteiger partial charge in [0.2, 0.25) is 11.8 Å². The summed E-state index contributed by atoms with van der Waals surface area (Å²) in [4.78, 5) is 31.6. The van der Waals surface area contributed by atoms with Gasteiger partial charge in [0.05, 0.1) is 31.7 Å². The maximum atomic E-state index is 13.0. The molecule has 1 saturated heterocycles. The van der Waals surface area contributed by atoms with E-state index in [1.165, 1.54) is 11.8 Å². The van der Waals surface area contributed by atoms with Gasteiger partial charge in [0.15, 0.2) is 16.7 Å². The summed E-state index contributed by atoms with van der Waals surface area (Å²) >= 11 is 1.31. The number of benzene rings is 2. The van der Waals surface area contributed by atoms with E-state index < -0.39 is 5.25 Å². The topological polar surface area (TPSA) is 80.2 Å². The summed E-state index contributed by atoms with van der Waals surface area (Å²) in [6.07, 6.45) is 0.123. The molecule has 1 aliphatic rings. The summed E-state index contributed by atoms with van der Waals surface area (Å²) in [7, 11) is 3.15. The number of hydrogen-bond donors (Lipinski definition) is 1. The van der Waals surface area contributed by atoms with E-state index >= 15 is 0 Å². The molecule has 7 nitrogen and oxygen atoms in total. The fraction of sp³-hybridized carbons (Fsp3) is 0.318. The Bertz CT molecular complexity index is 933. The fourth-order valence-electron chi connectivity index (χ4n) is 3.06. The highest BCUT2D eigenvalue weighted by atomic mass is 32.2. The van der Waals surface area contributed by atoms with Crippen LogP contribution in [0.25, 0.3) is 0 Å². The van der Waals surface area contributed by atoms with Crippen LogP contribution >= 0.6 is 11.8 Å². The third-order valence-corrected chi connectivity index (χ3v) is 5.74. The minimum atomic E-state index is -0.499. The van der Waals surface area contributed by atoms with Crippen LogP contribution in [0.4, 0.5) is 5.69 Å². The number of hydrogen-bond acceptors (Lipinski definition) is 6. The van der Waals surface area contributed by atoms with Gasteiger partial charge in [0, 0.05) is 13.0 Å². The molecule has 30 heavy (non-hydrogen) atoms. The zero-order valence-corrected chi connectivity index (χ0v) is 18.1. The van der Waals surface area contributed by atoms with Crippen LogP contribution in [0.15, 0.2) is 53.5 Å². The van der Waals surface area contributed by atoms with Gasteiger partial charge in [-0.1, -0.05) is 36.0 Å². The lowest BCUT2D eigenvalue weighted by atomic mass is 10.1. The van der Waals surface area contributed by atoms with Crippen molar-refractivity contribution in [3.63, 3.8) is 0 Å². The lowest BCUT2D eigenvalue weighted by Gasteiger charge is -2.32. The Morgan fingerprint density at radius 1 is 1.17 bits per heavy atom. The maximum Gasteiger partial charge on any atom is 0.234 e. The van der Waals surface area contributed by atoms with Gasteiger partial charge in [-0.25, -0.2) is 4.99 Å². The standard InChI is InChI=1S/C22H25N3O4S/c1-4-23-21(27)19-13-20(26)25(22(30-19)24-16-8-6-5-7-9-16)14-15-10-11-17(28-2)18(12-15)29-3/h5-12,19H,4,13-14H2,1-3H3,(H,23,27)/t19-/m1/s1. The van der Waals surface area contributed by atoms with E-state index in [1.807, 2.05) is 49.4 Å². The minimum Gasteiger partial charge on any atom is -0.493 e. The third kappa shape index (κ3) is 5.13. The second-order valence-corrected chi connectivity index (χ2v) is 7.77. The van der Waals surface area contributed by atoms with Crippen molar-refractivity contribution in [2.75, 3.05) is 20.8 Å². The summed E-state index contributed by atoms with van der Waals surface area (Å²) in [6.45, 7) is 2.69. The summed E-state index contributed by atoms with van der Waals surface area (Å²) in [5.41, 5.74) is 1.60. The first-order valence-electron chi connectivity index (χ1n) is 9.65. The van der Waals surface area contributed by atoms with E-state index in [4.69, 9.17) is 9.47 Å². The van der Waals surface area contributed by atoms with Crippen molar-refractivity contribution >= 4 is 34.4 Å². The molecule has 0 spiro atoms. The van der Waals surface area contributed by atoms with Crippen LogP contribution in [0, 0.1) is 0 Å². The van der Waals surface area contributed by atoms with Crippen molar-refractivity contribution in [2.24, 2.45) is 4.99 Å². The predicted molar refractivity (Wildman–Crippen MR) is 118 cm³/mol. The largest absolute Gasteiger partial charge is 0.493 e. The normalized spacial score (nSPS) is 17.7. The molecule has 0 saturated carbocycles. The Labute approximate surface area is 180 Å². The first kappa shape index (κ1) is 21.7. The number of nitrogens with zero attached hydrogens (tertiary/aromatic N) is 2. The number of carbonyl (C=O) groups is 2. The van der Waals surface area contributed by atoms with E-state index in [-0.39, 0.29) is 18.2 Å². The van der Waals surface area contributed by atoms with Crippen LogP contribution in [0.3, 0.4) is 0 Å². The Kier molecular flexibility index (Phi) is 7.35. The fourth-order valence-corrected chi connectivity index (χ4v) is 4.18. The van der Waals surface area contributed by atoms with E-state index in [0.717, 1.165) is 11.3 Å². The van der Waals surface area contributed by atoms with Gasteiger partial charge in [-0.3, -0.25) is 14.5 Å². The number of para-hydroxylation sites is 1. The molecule has 8 heteroatoms. The molecule has 1 atom stereocenters. The Hall–Kier alpha value is -3.00. The monoisotopic (exact) mass is 427 g/mol. The van der Waals surface area contributed by atoms with Crippen LogP contribution in [0.1, 0.15) is 18.9 Å². The number of nitrogens with one attached hydrogen (secondary N) is 1. The van der Waals surface area contributed by atoms with Crippen molar-refractivity contribution in [1.82, 2.24) is 10.2 Å². The van der Waals surface area contributed by atoms with E-state index in [0.29, 0.717) is 29.8 Å². The maximum absolute atomic E-state index is 13.0. The average Bonchev–Trinajstić information content (AvgIpc) is 2.76. The molecule has 3 rings (SSSR count). The molecule has 1 aliphatic heterocycles. The van der Waals surface area contributed by atoms with Crippen molar-refractivity contribution in [2.45, 2.75) is 25.1 Å². The number of methoxy groups -OCH3 is 2. The molecular weight excluding hydrogens is 402 g/mol. The van der Waals surface area contributed by atoms with Gasteiger partial charge in [0.25, 0.3) is 0 Å². The van der Waals surface area contributed by atoms with Gasteiger partial charge < -0.3 is 14.8 Å². The summed E-state index contributed by atoms with van der Waals surface area (Å²) in [6, 6.07) is 14.9. The highest BCUT2D eigenvalue weighted by Gasteiger charge is 2.35. The van der Waals surface area contributed by atoms with Crippen molar-refractivity contribution in [1.29, 1.82) is 0 Å². The lowest BCUT2D eigenvalue weighted by Crippen LogP contribution is -2.46. The van der Waals surface area contributed by atoms with Gasteiger partial charge >= 0.3 is 0 Å². The van der Waals surface area contributed by atoms with Crippen molar-refractivity contribution < 1.29 is 19.1 Å². The molecule has 0 bridgehead atoms. The first-order chi connectivity index (χ1) is 14.5. The van der Waals surface area contributed by atoms with Gasteiger partial charge in [0.1, 0.15) is 0 Å². The minimum absolute atomic E-state index is 0.123. The smallest absolute Gasteiger partial charge is 0.234 e. The molecule has 0 radical (unpaired) electrons. The number of amides is 2. The second kappa shape index (κ2) is 10.2. The second-order valence-electron chi connectivity index (χ2n) is 6.60. The SMILES string of the molecule is CCNC(=O)[C@H]1CC(=O)N(Cc2ccc(OC)c(OC)c2)C(=Nc2ccccc2)S1. The number of aliphatic imine (C=N–C) groups is 1. The van der Waals surface area contributed by atoms with Crippen LogP contribution in [0.2, 0.25) is 0 Å². The van der Waals surface area contributed by atoms with Gasteiger partial charge in [-0.15, -0.1) is 0 Å². The molecule has 1 heterocycles. The Morgan fingerprint density at radius 2 is 1.90 bits per heavy atom. The Balaban J connectivity index is 1.91. The summed E-state index contributed by atoms with van der Waals surface area (Å²) in [5.74, 6) is 0.917. The molecule has 2 aromatic rings. The van der Waals surface area contributed by atoms with E-state index in [1.54, 1.807) is 25.2 Å². The first-order valence-corrected chi connectivity index (χ1v) is 10.5. The molecule has 1 N–H and O–H groups in total. The number of ether oxygens (including phenoxy) is 2. The van der Waals surface area contributed by atoms with Crippen LogP contribution in [-0.2, 0) is 16.1 Å². The molecule has 0 aromatic heterocycles. The molecule has 0 aliphatic carbocycles. The Morgan fingerprint density at radius 3 is 2.57 bits per heavy atom. The van der Waals surface area contributed by atoms with Crippen LogP contribution in [-0.4, -0.2) is 47.9 Å². The van der Waals surface area contributed by atoms with Crippen LogP contribution < -0.4 is 14.8 Å². The van der Waals surface area contributed by atoms with Crippen molar-refractivity contribution in [3.8, 4) is 11.5 Å². The molecule has 2 aromatic carbocycles. The quantitative estimate of drug-likeness (QED) is 0.733. The number of thioether (sulfide) groups is 1. The predicted octanol–water partition coefficient (Wildman–Crippen LogP) is 3.36. The third-order valence-electron chi connectivity index (χ3n) is 4.55. The highest BCUT2D eigenvalue weighted by Crippen LogP contribution is 2.32. The van der Waals surface area contributed by atoms with E-state index in [2.05, 4.69) is 10.3 Å². The lowest BCUT2D eigenvalue weighted by molar-refractivity contribution is -0.130. The van der Waals surface area contributed by atoms with E-state index in [9.17, 15) is 9.59 Å². The zero-order valence-electron chi connectivity index (χ0n) is 17.3. The number of rotatable bonds is 7. The van der Waals surface area contributed by atoms with Gasteiger partial charge in [-0.2, -0.15) is 0 Å². The highest BCUT2D eigenvalue weighted by molar-refractivity contribution is 8.15. The summed E-state index contributed by atoms with van der Waals surface area (Å²) in [5, 5.41) is 2.80.